The van der Waals surface area contributed by atoms with Crippen molar-refractivity contribution in [2.45, 2.75) is 121 Å². The van der Waals surface area contributed by atoms with Crippen molar-refractivity contribution in [1.29, 1.82) is 0 Å². The van der Waals surface area contributed by atoms with Gasteiger partial charge in [-0.25, -0.2) is 4.79 Å². The van der Waals surface area contributed by atoms with Crippen molar-refractivity contribution < 1.29 is 33.4 Å². The van der Waals surface area contributed by atoms with Crippen LogP contribution in [-0.4, -0.2) is 70.8 Å². The maximum absolute atomic E-state index is 13.0. The Morgan fingerprint density at radius 3 is 1.80 bits per heavy atom. The van der Waals surface area contributed by atoms with Crippen LogP contribution in [-0.2, 0) is 54.6 Å². The summed E-state index contributed by atoms with van der Waals surface area (Å²) in [6.45, 7) is 24.6. The molecule has 2 rings (SSSR count). The number of carbonyl (C=O) groups is 4. The summed E-state index contributed by atoms with van der Waals surface area (Å²) < 4.78 is 16.2. The number of amides is 3. The first-order chi connectivity index (χ1) is 23.0. The lowest BCUT2D eigenvalue weighted by Gasteiger charge is -2.23. The monoisotopic (exact) mass is 700 g/mol. The number of alkyl carbamates (subject to hydrolysis) is 1. The van der Waals surface area contributed by atoms with Crippen molar-refractivity contribution in [3.8, 4) is 0 Å². The zero-order valence-corrected chi connectivity index (χ0v) is 32.2. The smallest absolute Gasteiger partial charge is 0.407 e. The summed E-state index contributed by atoms with van der Waals surface area (Å²) in [4.78, 5) is 52.0. The molecule has 0 saturated carbocycles. The number of hydrogen-bond donors (Lipinski definition) is 3. The molecule has 0 aliphatic rings. The van der Waals surface area contributed by atoms with E-state index in [4.69, 9.17) is 24.4 Å². The molecule has 0 spiro atoms. The van der Waals surface area contributed by atoms with Crippen molar-refractivity contribution in [2.75, 3.05) is 25.1 Å². The molecule has 13 nitrogen and oxygen atoms in total. The fourth-order valence-electron chi connectivity index (χ4n) is 4.61. The fourth-order valence-corrected chi connectivity index (χ4v) is 4.61. The highest BCUT2D eigenvalue weighted by molar-refractivity contribution is 5.98. The zero-order chi connectivity index (χ0) is 37.9. The second-order valence-corrected chi connectivity index (χ2v) is 16.5. The molecule has 0 aliphatic heterocycles. The van der Waals surface area contributed by atoms with Gasteiger partial charge in [0.25, 0.3) is 0 Å². The van der Waals surface area contributed by atoms with Gasteiger partial charge in [0, 0.05) is 5.69 Å². The van der Waals surface area contributed by atoms with Gasteiger partial charge in [-0.3, -0.25) is 14.4 Å². The SMILES string of the molecule is CC(C)[C@H](NC(=O)OCCOCCn1nc(CC(C)(C)C)c(CC(C)(C)C)n1)C(=O)N[C@@H](C)C(=O)Nc1ccc(COC(=O)C(C)(C)C)cc1. The van der Waals surface area contributed by atoms with Gasteiger partial charge in [0.1, 0.15) is 25.3 Å². The molecule has 1 heterocycles. The van der Waals surface area contributed by atoms with Crippen LogP contribution in [0, 0.1) is 22.2 Å². The Morgan fingerprint density at radius 1 is 0.740 bits per heavy atom. The minimum Gasteiger partial charge on any atom is -0.460 e. The summed E-state index contributed by atoms with van der Waals surface area (Å²) in [6, 6.07) is 5.05. The number of ether oxygens (including phenoxy) is 3. The average molecular weight is 701 g/mol. The summed E-state index contributed by atoms with van der Waals surface area (Å²) >= 11 is 0. The normalized spacial score (nSPS) is 13.4. The summed E-state index contributed by atoms with van der Waals surface area (Å²) in [5.41, 5.74) is 2.89. The predicted molar refractivity (Wildman–Crippen MR) is 192 cm³/mol. The van der Waals surface area contributed by atoms with E-state index in [-0.39, 0.29) is 42.5 Å². The van der Waals surface area contributed by atoms with E-state index in [1.807, 2.05) is 0 Å². The Labute approximate surface area is 298 Å². The average Bonchev–Trinajstić information content (AvgIpc) is 3.33. The molecule has 2 aromatic rings. The standard InChI is InChI=1S/C37H60N6O7/c1-24(2)30(32(45)38-25(3)31(44)39-27-15-13-26(14-16-27)23-50-33(46)37(10,11)12)40-34(47)49-20-19-48-18-17-43-41-28(21-35(4,5)6)29(42-43)22-36(7,8)9/h13-16,24-25,30H,17-23H2,1-12H3,(H,38,45)(H,39,44)(H,40,47)/t25-,30-/m0/s1. The van der Waals surface area contributed by atoms with Crippen molar-refractivity contribution in [1.82, 2.24) is 25.6 Å². The van der Waals surface area contributed by atoms with Gasteiger partial charge in [-0.1, -0.05) is 67.5 Å². The molecule has 13 heteroatoms. The summed E-state index contributed by atoms with van der Waals surface area (Å²) in [6.07, 6.45) is 0.900. The molecule has 0 fully saturated rings. The second kappa shape index (κ2) is 18.3. The number of aromatic nitrogens is 3. The van der Waals surface area contributed by atoms with Crippen molar-refractivity contribution in [3.63, 3.8) is 0 Å². The lowest BCUT2D eigenvalue weighted by atomic mass is 9.86. The van der Waals surface area contributed by atoms with Crippen LogP contribution >= 0.6 is 0 Å². The van der Waals surface area contributed by atoms with E-state index in [0.29, 0.717) is 18.8 Å². The molecule has 3 N–H and O–H groups in total. The first kappa shape index (κ1) is 42.2. The molecule has 0 saturated heterocycles. The first-order valence-corrected chi connectivity index (χ1v) is 17.4. The molecule has 1 aromatic heterocycles. The number of anilines is 1. The van der Waals surface area contributed by atoms with Gasteiger partial charge in [0.2, 0.25) is 11.8 Å². The number of nitrogens with one attached hydrogen (secondary N) is 3. The number of nitrogens with zero attached hydrogens (tertiary/aromatic N) is 3. The van der Waals surface area contributed by atoms with Gasteiger partial charge in [-0.15, -0.1) is 0 Å². The van der Waals surface area contributed by atoms with E-state index >= 15 is 0 Å². The molecule has 0 radical (unpaired) electrons. The van der Waals surface area contributed by atoms with Crippen molar-refractivity contribution in [3.05, 3.63) is 41.2 Å². The molecule has 0 bridgehead atoms. The highest BCUT2D eigenvalue weighted by atomic mass is 16.6. The van der Waals surface area contributed by atoms with Crippen LogP contribution in [0.5, 0.6) is 0 Å². The molecule has 0 unspecified atom stereocenters. The molecule has 280 valence electrons. The highest BCUT2D eigenvalue weighted by Crippen LogP contribution is 2.26. The van der Waals surface area contributed by atoms with E-state index in [2.05, 4.69) is 57.5 Å². The number of benzene rings is 1. The van der Waals surface area contributed by atoms with Crippen LogP contribution in [0.25, 0.3) is 0 Å². The molecular weight excluding hydrogens is 640 g/mol. The molecule has 0 aliphatic carbocycles. The first-order valence-electron chi connectivity index (χ1n) is 17.4. The van der Waals surface area contributed by atoms with Gasteiger partial charge < -0.3 is 30.2 Å². The highest BCUT2D eigenvalue weighted by Gasteiger charge is 2.28. The Hall–Kier alpha value is -4.00. The number of carbonyl (C=O) groups excluding carboxylic acids is 4. The third-order valence-electron chi connectivity index (χ3n) is 7.28. The van der Waals surface area contributed by atoms with E-state index < -0.39 is 35.4 Å². The van der Waals surface area contributed by atoms with Gasteiger partial charge in [0.15, 0.2) is 0 Å². The van der Waals surface area contributed by atoms with Gasteiger partial charge >= 0.3 is 12.1 Å². The lowest BCUT2D eigenvalue weighted by Crippen LogP contribution is -2.53. The molecule has 2 atom stereocenters. The van der Waals surface area contributed by atoms with Crippen molar-refractivity contribution in [2.24, 2.45) is 22.2 Å². The lowest BCUT2D eigenvalue weighted by molar-refractivity contribution is -0.154. The maximum Gasteiger partial charge on any atom is 0.407 e. The maximum atomic E-state index is 13.0. The van der Waals surface area contributed by atoms with E-state index in [9.17, 15) is 19.2 Å². The Morgan fingerprint density at radius 2 is 1.30 bits per heavy atom. The Balaban J connectivity index is 1.77. The summed E-state index contributed by atoms with van der Waals surface area (Å²) in [5, 5.41) is 17.4. The summed E-state index contributed by atoms with van der Waals surface area (Å²) in [7, 11) is 0. The van der Waals surface area contributed by atoms with Crippen LogP contribution < -0.4 is 16.0 Å². The van der Waals surface area contributed by atoms with Gasteiger partial charge in [0.05, 0.1) is 36.6 Å². The van der Waals surface area contributed by atoms with Crippen LogP contribution in [0.1, 0.15) is 100 Å². The Bertz CT molecular complexity index is 1380. The summed E-state index contributed by atoms with van der Waals surface area (Å²) in [5.74, 6) is -1.54. The minimum absolute atomic E-state index is 0.00796. The van der Waals surface area contributed by atoms with E-state index in [0.717, 1.165) is 29.8 Å². The molecule has 3 amide bonds. The van der Waals surface area contributed by atoms with Crippen LogP contribution in [0.3, 0.4) is 0 Å². The van der Waals surface area contributed by atoms with Gasteiger partial charge in [-0.05, 0) is 75.0 Å². The largest absolute Gasteiger partial charge is 0.460 e. The van der Waals surface area contributed by atoms with Crippen LogP contribution in [0.15, 0.2) is 24.3 Å². The van der Waals surface area contributed by atoms with Crippen LogP contribution in [0.2, 0.25) is 0 Å². The second-order valence-electron chi connectivity index (χ2n) is 16.5. The minimum atomic E-state index is -0.927. The van der Waals surface area contributed by atoms with Crippen LogP contribution in [0.4, 0.5) is 10.5 Å². The zero-order valence-electron chi connectivity index (χ0n) is 32.2. The third-order valence-corrected chi connectivity index (χ3v) is 7.28. The topological polar surface area (TPSA) is 163 Å². The third kappa shape index (κ3) is 15.7. The molecule has 50 heavy (non-hydrogen) atoms. The van der Waals surface area contributed by atoms with Gasteiger partial charge in [-0.2, -0.15) is 15.0 Å². The van der Waals surface area contributed by atoms with E-state index in [1.54, 1.807) is 70.6 Å². The Kier molecular flexibility index (Phi) is 15.4. The number of hydrogen-bond acceptors (Lipinski definition) is 9. The van der Waals surface area contributed by atoms with Crippen molar-refractivity contribution >= 4 is 29.6 Å². The molecular formula is C37H60N6O7. The quantitative estimate of drug-likeness (QED) is 0.153. The van der Waals surface area contributed by atoms with E-state index in [1.165, 1.54) is 0 Å². The predicted octanol–water partition coefficient (Wildman–Crippen LogP) is 5.46. The number of esters is 1. The number of rotatable bonds is 16. The molecule has 1 aromatic carbocycles. The fraction of sp³-hybridized carbons (Fsp3) is 0.676.